The van der Waals surface area contributed by atoms with E-state index in [9.17, 15) is 9.59 Å². The van der Waals surface area contributed by atoms with Gasteiger partial charge in [0.15, 0.2) is 5.78 Å². The summed E-state index contributed by atoms with van der Waals surface area (Å²) in [5.74, 6) is 0.474. The SMILES string of the molecule is CC(C)(CCCOC(C)(C)C(=O)C1CCCCC1)OC(=O)C1CCCCC1. The molecule has 4 heteroatoms. The van der Waals surface area contributed by atoms with Crippen LogP contribution in [0.1, 0.15) is 105 Å². The van der Waals surface area contributed by atoms with E-state index >= 15 is 0 Å². The van der Waals surface area contributed by atoms with E-state index in [4.69, 9.17) is 9.47 Å². The Morgan fingerprint density at radius 2 is 1.33 bits per heavy atom. The van der Waals surface area contributed by atoms with Gasteiger partial charge in [0.25, 0.3) is 0 Å². The van der Waals surface area contributed by atoms with Crippen LogP contribution in [0.15, 0.2) is 0 Å². The second-order valence-corrected chi connectivity index (χ2v) is 9.68. The van der Waals surface area contributed by atoms with Crippen LogP contribution in [0.2, 0.25) is 0 Å². The first-order valence-electron chi connectivity index (χ1n) is 11.1. The van der Waals surface area contributed by atoms with Gasteiger partial charge in [-0.3, -0.25) is 9.59 Å². The molecule has 2 aliphatic carbocycles. The van der Waals surface area contributed by atoms with Gasteiger partial charge < -0.3 is 9.47 Å². The Kier molecular flexibility index (Phi) is 8.33. The van der Waals surface area contributed by atoms with Crippen molar-refractivity contribution in [2.24, 2.45) is 11.8 Å². The molecule has 2 saturated carbocycles. The van der Waals surface area contributed by atoms with Crippen molar-refractivity contribution in [1.29, 1.82) is 0 Å². The molecule has 0 spiro atoms. The Morgan fingerprint density at radius 3 is 1.89 bits per heavy atom. The number of carbonyl (C=O) groups is 2. The van der Waals surface area contributed by atoms with Crippen LogP contribution in [0, 0.1) is 11.8 Å². The van der Waals surface area contributed by atoms with Crippen LogP contribution >= 0.6 is 0 Å². The van der Waals surface area contributed by atoms with Gasteiger partial charge in [-0.15, -0.1) is 0 Å². The van der Waals surface area contributed by atoms with Gasteiger partial charge in [0, 0.05) is 12.5 Å². The molecule has 0 saturated heterocycles. The summed E-state index contributed by atoms with van der Waals surface area (Å²) < 4.78 is 11.8. The van der Waals surface area contributed by atoms with Crippen molar-refractivity contribution < 1.29 is 19.1 Å². The molecule has 0 aliphatic heterocycles. The fraction of sp³-hybridized carbons (Fsp3) is 0.913. The highest BCUT2D eigenvalue weighted by molar-refractivity contribution is 5.88. The number of ether oxygens (including phenoxy) is 2. The lowest BCUT2D eigenvalue weighted by Gasteiger charge is -2.32. The van der Waals surface area contributed by atoms with Gasteiger partial charge in [-0.25, -0.2) is 0 Å². The fourth-order valence-corrected chi connectivity index (χ4v) is 4.50. The summed E-state index contributed by atoms with van der Waals surface area (Å²) in [4.78, 5) is 25.1. The lowest BCUT2D eigenvalue weighted by atomic mass is 9.81. The van der Waals surface area contributed by atoms with E-state index in [2.05, 4.69) is 0 Å². The third-order valence-corrected chi connectivity index (χ3v) is 6.27. The van der Waals surface area contributed by atoms with Gasteiger partial charge in [-0.1, -0.05) is 38.5 Å². The maximum atomic E-state index is 12.7. The Labute approximate surface area is 165 Å². The number of rotatable bonds is 9. The minimum atomic E-state index is -0.717. The normalized spacial score (nSPS) is 20.4. The maximum Gasteiger partial charge on any atom is 0.309 e. The third-order valence-electron chi connectivity index (χ3n) is 6.27. The second-order valence-electron chi connectivity index (χ2n) is 9.68. The Balaban J connectivity index is 1.70. The number of ketones is 1. The Morgan fingerprint density at radius 1 is 0.815 bits per heavy atom. The highest BCUT2D eigenvalue weighted by Crippen LogP contribution is 2.30. The van der Waals surface area contributed by atoms with Crippen LogP contribution in [0.25, 0.3) is 0 Å². The summed E-state index contributed by atoms with van der Waals surface area (Å²) >= 11 is 0. The summed E-state index contributed by atoms with van der Waals surface area (Å²) in [6.45, 7) is 8.28. The van der Waals surface area contributed by atoms with Gasteiger partial charge in [0.2, 0.25) is 0 Å². The predicted octanol–water partition coefficient (Wildman–Crippen LogP) is 5.61. The largest absolute Gasteiger partial charge is 0.459 e. The average molecular weight is 381 g/mol. The molecule has 2 aliphatic rings. The highest BCUT2D eigenvalue weighted by Gasteiger charge is 2.35. The zero-order chi connectivity index (χ0) is 19.9. The molecule has 0 bridgehead atoms. The van der Waals surface area contributed by atoms with Crippen LogP contribution < -0.4 is 0 Å². The standard InChI is InChI=1S/C23H40O4/c1-22(2,27-21(25)19-14-9-6-10-15-19)16-11-17-26-23(3,4)20(24)18-12-7-5-8-13-18/h18-19H,5-17H2,1-4H3. The van der Waals surface area contributed by atoms with E-state index in [1.54, 1.807) is 0 Å². The predicted molar refractivity (Wildman–Crippen MR) is 108 cm³/mol. The van der Waals surface area contributed by atoms with Crippen molar-refractivity contribution >= 4 is 11.8 Å². The van der Waals surface area contributed by atoms with Crippen LogP contribution in [0.3, 0.4) is 0 Å². The van der Waals surface area contributed by atoms with Crippen molar-refractivity contribution in [2.45, 2.75) is 116 Å². The number of hydrogen-bond donors (Lipinski definition) is 0. The summed E-state index contributed by atoms with van der Waals surface area (Å²) in [6, 6.07) is 0. The molecule has 0 unspecified atom stereocenters. The summed E-state index contributed by atoms with van der Waals surface area (Å²) in [5, 5.41) is 0. The first-order valence-corrected chi connectivity index (χ1v) is 11.1. The summed E-state index contributed by atoms with van der Waals surface area (Å²) in [5.41, 5.74) is -1.19. The van der Waals surface area contributed by atoms with Gasteiger partial charge in [0.05, 0.1) is 5.92 Å². The van der Waals surface area contributed by atoms with Crippen LogP contribution in [0.5, 0.6) is 0 Å². The van der Waals surface area contributed by atoms with E-state index in [0.717, 1.165) is 64.2 Å². The molecule has 0 aromatic carbocycles. The minimum absolute atomic E-state index is 0.0339. The van der Waals surface area contributed by atoms with E-state index in [1.165, 1.54) is 12.8 Å². The number of hydrogen-bond acceptors (Lipinski definition) is 4. The van der Waals surface area contributed by atoms with Crippen molar-refractivity contribution in [1.82, 2.24) is 0 Å². The molecule has 4 nitrogen and oxygen atoms in total. The van der Waals surface area contributed by atoms with E-state index < -0.39 is 11.2 Å². The second kappa shape index (κ2) is 10.0. The molecular formula is C23H40O4. The molecule has 0 amide bonds. The maximum absolute atomic E-state index is 12.7. The first-order chi connectivity index (χ1) is 12.7. The Hall–Kier alpha value is -0.900. The molecular weight excluding hydrogens is 340 g/mol. The van der Waals surface area contributed by atoms with Gasteiger partial charge in [0.1, 0.15) is 11.2 Å². The smallest absolute Gasteiger partial charge is 0.309 e. The van der Waals surface area contributed by atoms with Crippen molar-refractivity contribution in [3.63, 3.8) is 0 Å². The topological polar surface area (TPSA) is 52.6 Å². The molecule has 27 heavy (non-hydrogen) atoms. The zero-order valence-electron chi connectivity index (χ0n) is 18.0. The fourth-order valence-electron chi connectivity index (χ4n) is 4.50. The lowest BCUT2D eigenvalue weighted by molar-refractivity contribution is -0.164. The van der Waals surface area contributed by atoms with Gasteiger partial charge in [-0.2, -0.15) is 0 Å². The molecule has 0 N–H and O–H groups in total. The molecule has 0 aromatic heterocycles. The van der Waals surface area contributed by atoms with Crippen molar-refractivity contribution in [3.8, 4) is 0 Å². The molecule has 156 valence electrons. The van der Waals surface area contributed by atoms with Crippen LogP contribution in [-0.2, 0) is 19.1 Å². The molecule has 0 aromatic rings. The molecule has 0 heterocycles. The number of esters is 1. The lowest BCUT2D eigenvalue weighted by Crippen LogP contribution is -2.41. The highest BCUT2D eigenvalue weighted by atomic mass is 16.6. The number of Topliss-reactive ketones (excluding diaryl/α,β-unsaturated/α-hetero) is 1. The molecule has 2 fully saturated rings. The van der Waals surface area contributed by atoms with Crippen LogP contribution in [0.4, 0.5) is 0 Å². The summed E-state index contributed by atoms with van der Waals surface area (Å²) in [6.07, 6.45) is 12.6. The van der Waals surface area contributed by atoms with Crippen molar-refractivity contribution in [2.75, 3.05) is 6.61 Å². The van der Waals surface area contributed by atoms with E-state index in [-0.39, 0.29) is 23.6 Å². The zero-order valence-corrected chi connectivity index (χ0v) is 18.0. The quantitative estimate of drug-likeness (QED) is 0.385. The number of carbonyl (C=O) groups excluding carboxylic acids is 2. The minimum Gasteiger partial charge on any atom is -0.459 e. The van der Waals surface area contributed by atoms with Gasteiger partial charge in [-0.05, 0) is 66.2 Å². The summed E-state index contributed by atoms with van der Waals surface area (Å²) in [7, 11) is 0. The van der Waals surface area contributed by atoms with Crippen molar-refractivity contribution in [3.05, 3.63) is 0 Å². The van der Waals surface area contributed by atoms with Gasteiger partial charge >= 0.3 is 5.97 Å². The molecule has 2 rings (SSSR count). The van der Waals surface area contributed by atoms with Crippen LogP contribution in [-0.4, -0.2) is 29.6 Å². The third kappa shape index (κ3) is 7.21. The monoisotopic (exact) mass is 380 g/mol. The average Bonchev–Trinajstić information content (AvgIpc) is 2.66. The first kappa shape index (κ1) is 22.4. The van der Waals surface area contributed by atoms with E-state index in [0.29, 0.717) is 6.61 Å². The molecule has 0 atom stereocenters. The Bertz CT molecular complexity index is 483. The molecule has 0 radical (unpaired) electrons. The van der Waals surface area contributed by atoms with E-state index in [1.807, 2.05) is 27.7 Å².